The molecule has 0 bridgehead atoms. The summed E-state index contributed by atoms with van der Waals surface area (Å²) in [6.45, 7) is 5.73. The smallest absolute Gasteiger partial charge is 0.119 e. The summed E-state index contributed by atoms with van der Waals surface area (Å²) < 4.78 is 5.57. The molecule has 0 radical (unpaired) electrons. The van der Waals surface area contributed by atoms with E-state index in [-0.39, 0.29) is 0 Å². The lowest BCUT2D eigenvalue weighted by molar-refractivity contribution is 0.340. The molecule has 0 saturated heterocycles. The van der Waals surface area contributed by atoms with Crippen molar-refractivity contribution in [1.29, 1.82) is 0 Å². The van der Waals surface area contributed by atoms with Crippen LogP contribution in [0.4, 0.5) is 0 Å². The van der Waals surface area contributed by atoms with Gasteiger partial charge in [0.05, 0.1) is 6.61 Å². The van der Waals surface area contributed by atoms with Crippen molar-refractivity contribution < 1.29 is 4.74 Å². The van der Waals surface area contributed by atoms with E-state index in [1.54, 1.807) is 0 Å². The maximum Gasteiger partial charge on any atom is 0.119 e. The van der Waals surface area contributed by atoms with Gasteiger partial charge in [0.25, 0.3) is 0 Å². The van der Waals surface area contributed by atoms with Gasteiger partial charge in [0.1, 0.15) is 5.75 Å². The number of benzene rings is 2. The Labute approximate surface area is 115 Å². The first-order chi connectivity index (χ1) is 9.24. The standard InChI is InChI=1S/C17H21NO/c1-4-19-16-7-5-6-15(11-16)17-10-14(12-18-3)9-8-13(17)2/h5-11,18H,4,12H2,1-3H3. The van der Waals surface area contributed by atoms with E-state index in [0.717, 1.165) is 12.3 Å². The Balaban J connectivity index is 2.39. The van der Waals surface area contributed by atoms with Crippen LogP contribution in [0.25, 0.3) is 11.1 Å². The topological polar surface area (TPSA) is 21.3 Å². The molecule has 2 aromatic carbocycles. The van der Waals surface area contributed by atoms with Crippen molar-refractivity contribution in [2.75, 3.05) is 13.7 Å². The van der Waals surface area contributed by atoms with E-state index < -0.39 is 0 Å². The van der Waals surface area contributed by atoms with E-state index in [2.05, 4.69) is 42.6 Å². The van der Waals surface area contributed by atoms with Crippen molar-refractivity contribution in [2.24, 2.45) is 0 Å². The van der Waals surface area contributed by atoms with Crippen molar-refractivity contribution in [3.8, 4) is 16.9 Å². The van der Waals surface area contributed by atoms with Crippen LogP contribution in [0.1, 0.15) is 18.1 Å². The summed E-state index contributed by atoms with van der Waals surface area (Å²) in [5.74, 6) is 0.929. The fraction of sp³-hybridized carbons (Fsp3) is 0.294. The monoisotopic (exact) mass is 255 g/mol. The minimum Gasteiger partial charge on any atom is -0.494 e. The van der Waals surface area contributed by atoms with Gasteiger partial charge in [-0.3, -0.25) is 0 Å². The Bertz CT molecular complexity index is 549. The highest BCUT2D eigenvalue weighted by Gasteiger charge is 2.04. The number of hydrogen-bond acceptors (Lipinski definition) is 2. The van der Waals surface area contributed by atoms with Crippen LogP contribution in [-0.4, -0.2) is 13.7 Å². The second-order valence-electron chi connectivity index (χ2n) is 4.64. The molecule has 0 fully saturated rings. The molecule has 2 rings (SSSR count). The molecule has 1 N–H and O–H groups in total. The maximum atomic E-state index is 5.57. The number of aryl methyl sites for hydroxylation is 1. The molecule has 0 aliphatic rings. The van der Waals surface area contributed by atoms with Crippen molar-refractivity contribution in [2.45, 2.75) is 20.4 Å². The van der Waals surface area contributed by atoms with Crippen LogP contribution in [0.5, 0.6) is 5.75 Å². The largest absolute Gasteiger partial charge is 0.494 e. The summed E-state index contributed by atoms with van der Waals surface area (Å²) in [6.07, 6.45) is 0. The third-order valence-electron chi connectivity index (χ3n) is 3.14. The van der Waals surface area contributed by atoms with Gasteiger partial charge >= 0.3 is 0 Å². The van der Waals surface area contributed by atoms with Gasteiger partial charge in [-0.05, 0) is 61.3 Å². The first-order valence-electron chi connectivity index (χ1n) is 6.72. The summed E-state index contributed by atoms with van der Waals surface area (Å²) in [4.78, 5) is 0. The molecule has 19 heavy (non-hydrogen) atoms. The molecule has 0 saturated carbocycles. The van der Waals surface area contributed by atoms with Gasteiger partial charge in [0, 0.05) is 6.54 Å². The Kier molecular flexibility index (Phi) is 4.58. The predicted octanol–water partition coefficient (Wildman–Crippen LogP) is 3.78. The van der Waals surface area contributed by atoms with Gasteiger partial charge in [0.15, 0.2) is 0 Å². The molecule has 0 spiro atoms. The average Bonchev–Trinajstić information content (AvgIpc) is 2.42. The summed E-state index contributed by atoms with van der Waals surface area (Å²) >= 11 is 0. The van der Waals surface area contributed by atoms with Gasteiger partial charge in [-0.25, -0.2) is 0 Å². The number of rotatable bonds is 5. The summed E-state index contributed by atoms with van der Waals surface area (Å²) in [5, 5.41) is 3.19. The zero-order valence-electron chi connectivity index (χ0n) is 11.9. The molecule has 100 valence electrons. The van der Waals surface area contributed by atoms with Crippen LogP contribution in [0.2, 0.25) is 0 Å². The molecule has 2 nitrogen and oxygen atoms in total. The molecule has 0 aromatic heterocycles. The van der Waals surface area contributed by atoms with Crippen LogP contribution in [0, 0.1) is 6.92 Å². The van der Waals surface area contributed by atoms with Crippen LogP contribution in [0.15, 0.2) is 42.5 Å². The molecule has 2 aromatic rings. The lowest BCUT2D eigenvalue weighted by atomic mass is 9.98. The number of nitrogens with one attached hydrogen (secondary N) is 1. The van der Waals surface area contributed by atoms with Crippen molar-refractivity contribution in [3.63, 3.8) is 0 Å². The third kappa shape index (κ3) is 3.36. The summed E-state index contributed by atoms with van der Waals surface area (Å²) in [5.41, 5.74) is 5.06. The first-order valence-corrected chi connectivity index (χ1v) is 6.72. The lowest BCUT2D eigenvalue weighted by Crippen LogP contribution is -2.05. The third-order valence-corrected chi connectivity index (χ3v) is 3.14. The normalized spacial score (nSPS) is 10.5. The van der Waals surface area contributed by atoms with Crippen molar-refractivity contribution in [3.05, 3.63) is 53.6 Å². The highest BCUT2D eigenvalue weighted by molar-refractivity contribution is 5.69. The Morgan fingerprint density at radius 2 is 1.95 bits per heavy atom. The zero-order valence-corrected chi connectivity index (χ0v) is 11.9. The molecule has 0 atom stereocenters. The van der Waals surface area contributed by atoms with Crippen LogP contribution in [0.3, 0.4) is 0 Å². The summed E-state index contributed by atoms with van der Waals surface area (Å²) in [7, 11) is 1.97. The van der Waals surface area contributed by atoms with Crippen LogP contribution in [-0.2, 0) is 6.54 Å². The second kappa shape index (κ2) is 6.39. The highest BCUT2D eigenvalue weighted by Crippen LogP contribution is 2.27. The summed E-state index contributed by atoms with van der Waals surface area (Å²) in [6, 6.07) is 14.9. The maximum absolute atomic E-state index is 5.57. The van der Waals surface area contributed by atoms with E-state index >= 15 is 0 Å². The molecule has 0 amide bonds. The fourth-order valence-electron chi connectivity index (χ4n) is 2.21. The highest BCUT2D eigenvalue weighted by atomic mass is 16.5. The van der Waals surface area contributed by atoms with Gasteiger partial charge in [-0.15, -0.1) is 0 Å². The SMILES string of the molecule is CCOc1cccc(-c2cc(CNC)ccc2C)c1. The minimum absolute atomic E-state index is 0.697. The predicted molar refractivity (Wildman–Crippen MR) is 80.5 cm³/mol. The molecular weight excluding hydrogens is 234 g/mol. The second-order valence-corrected chi connectivity index (χ2v) is 4.64. The molecule has 0 aliphatic heterocycles. The molecule has 0 aliphatic carbocycles. The van der Waals surface area contributed by atoms with E-state index in [1.807, 2.05) is 26.1 Å². The van der Waals surface area contributed by atoms with E-state index in [1.165, 1.54) is 22.3 Å². The Morgan fingerprint density at radius 3 is 2.68 bits per heavy atom. The van der Waals surface area contributed by atoms with Gasteiger partial charge < -0.3 is 10.1 Å². The van der Waals surface area contributed by atoms with Crippen LogP contribution < -0.4 is 10.1 Å². The fourth-order valence-corrected chi connectivity index (χ4v) is 2.21. The number of hydrogen-bond donors (Lipinski definition) is 1. The molecule has 0 unspecified atom stereocenters. The van der Waals surface area contributed by atoms with Crippen molar-refractivity contribution in [1.82, 2.24) is 5.32 Å². The number of ether oxygens (including phenoxy) is 1. The molecular formula is C17H21NO. The van der Waals surface area contributed by atoms with Crippen LogP contribution >= 0.6 is 0 Å². The van der Waals surface area contributed by atoms with E-state index in [4.69, 9.17) is 4.74 Å². The Hall–Kier alpha value is -1.80. The van der Waals surface area contributed by atoms with E-state index in [0.29, 0.717) is 6.61 Å². The Morgan fingerprint density at radius 1 is 1.11 bits per heavy atom. The first kappa shape index (κ1) is 13.6. The molecule has 0 heterocycles. The quantitative estimate of drug-likeness (QED) is 0.878. The van der Waals surface area contributed by atoms with Crippen molar-refractivity contribution >= 4 is 0 Å². The minimum atomic E-state index is 0.697. The van der Waals surface area contributed by atoms with E-state index in [9.17, 15) is 0 Å². The van der Waals surface area contributed by atoms with Gasteiger partial charge in [0.2, 0.25) is 0 Å². The zero-order chi connectivity index (χ0) is 13.7. The molecule has 2 heteroatoms. The van der Waals surface area contributed by atoms with Gasteiger partial charge in [-0.1, -0.05) is 24.3 Å². The van der Waals surface area contributed by atoms with Gasteiger partial charge in [-0.2, -0.15) is 0 Å². The lowest BCUT2D eigenvalue weighted by Gasteiger charge is -2.11. The average molecular weight is 255 g/mol.